The van der Waals surface area contributed by atoms with Gasteiger partial charge in [-0.25, -0.2) is 14.4 Å². The third-order valence-corrected chi connectivity index (χ3v) is 3.24. The minimum absolute atomic E-state index is 0.0957. The first-order valence-electron chi connectivity index (χ1n) is 7.16. The molecule has 23 heavy (non-hydrogen) atoms. The van der Waals surface area contributed by atoms with Gasteiger partial charge in [-0.15, -0.1) is 0 Å². The Hall–Kier alpha value is -2.87. The van der Waals surface area contributed by atoms with Gasteiger partial charge in [-0.1, -0.05) is 18.1 Å². The maximum absolute atomic E-state index is 13.9. The number of hydrogen-bond donors (Lipinski definition) is 1. The summed E-state index contributed by atoms with van der Waals surface area (Å²) in [7, 11) is 1.54. The summed E-state index contributed by atoms with van der Waals surface area (Å²) in [6.45, 7) is 2.03. The van der Waals surface area contributed by atoms with Gasteiger partial charge in [0.1, 0.15) is 11.5 Å². The first-order chi connectivity index (χ1) is 11.1. The highest BCUT2D eigenvalue weighted by atomic mass is 19.1. The molecular formula is C18H18FN3O. The molecule has 0 amide bonds. The predicted molar refractivity (Wildman–Crippen MR) is 89.4 cm³/mol. The predicted octanol–water partition coefficient (Wildman–Crippen LogP) is 2.76. The van der Waals surface area contributed by atoms with E-state index in [4.69, 9.17) is 10.5 Å². The molecule has 1 heterocycles. The van der Waals surface area contributed by atoms with Gasteiger partial charge in [0, 0.05) is 25.2 Å². The van der Waals surface area contributed by atoms with Gasteiger partial charge in [0.2, 0.25) is 0 Å². The first kappa shape index (κ1) is 16.5. The van der Waals surface area contributed by atoms with E-state index in [-0.39, 0.29) is 18.4 Å². The van der Waals surface area contributed by atoms with Crippen LogP contribution in [-0.4, -0.2) is 24.7 Å². The number of nitrogens with two attached hydrogens (primary N) is 1. The lowest BCUT2D eigenvalue weighted by molar-refractivity contribution is 0.301. The minimum atomic E-state index is -0.272. The summed E-state index contributed by atoms with van der Waals surface area (Å²) in [5, 5.41) is 0. The molecule has 4 nitrogen and oxygen atoms in total. The minimum Gasteiger partial charge on any atom is -0.465 e. The number of benzene rings is 1. The third kappa shape index (κ3) is 4.55. The highest BCUT2D eigenvalue weighted by molar-refractivity contribution is 5.71. The Morgan fingerprint density at radius 3 is 2.74 bits per heavy atom. The fourth-order valence-electron chi connectivity index (χ4n) is 2.04. The number of nitrogens with zero attached hydrogens (tertiary/aromatic N) is 2. The molecule has 0 aliphatic rings. The van der Waals surface area contributed by atoms with E-state index in [0.29, 0.717) is 17.7 Å². The molecule has 2 aromatic rings. The number of halogens is 1. The Bertz CT molecular complexity index is 758. The largest absolute Gasteiger partial charge is 0.465 e. The van der Waals surface area contributed by atoms with Crippen molar-refractivity contribution in [1.82, 2.24) is 4.98 Å². The molecule has 1 aromatic carbocycles. The van der Waals surface area contributed by atoms with E-state index in [1.807, 2.05) is 12.1 Å². The van der Waals surface area contributed by atoms with Gasteiger partial charge in [0.05, 0.1) is 6.61 Å². The Morgan fingerprint density at radius 2 is 2.09 bits per heavy atom. The quantitative estimate of drug-likeness (QED) is 0.536. The maximum atomic E-state index is 13.9. The zero-order valence-corrected chi connectivity index (χ0v) is 13.1. The lowest BCUT2D eigenvalue weighted by Gasteiger charge is -2.08. The van der Waals surface area contributed by atoms with E-state index in [2.05, 4.69) is 21.8 Å². The Labute approximate surface area is 135 Å². The van der Waals surface area contributed by atoms with Crippen molar-refractivity contribution in [2.45, 2.75) is 13.3 Å². The molecule has 2 N–H and O–H groups in total. The van der Waals surface area contributed by atoms with Gasteiger partial charge in [-0.05, 0) is 42.2 Å². The summed E-state index contributed by atoms with van der Waals surface area (Å²) >= 11 is 0. The van der Waals surface area contributed by atoms with Crippen LogP contribution in [0.15, 0.2) is 41.5 Å². The van der Waals surface area contributed by atoms with Crippen LogP contribution in [0.4, 0.5) is 4.39 Å². The normalized spacial score (nSPS) is 10.8. The van der Waals surface area contributed by atoms with E-state index in [1.54, 1.807) is 25.3 Å². The van der Waals surface area contributed by atoms with Crippen molar-refractivity contribution in [3.05, 3.63) is 53.6 Å². The van der Waals surface area contributed by atoms with Crippen LogP contribution < -0.4 is 5.73 Å². The Kier molecular flexibility index (Phi) is 5.70. The number of aliphatic imine (C=N–C) groups is 1. The van der Waals surface area contributed by atoms with Crippen molar-refractivity contribution >= 4 is 6.02 Å². The summed E-state index contributed by atoms with van der Waals surface area (Å²) in [5.41, 5.74) is 8.52. The monoisotopic (exact) mass is 311 g/mol. The first-order valence-corrected chi connectivity index (χ1v) is 7.16. The summed E-state index contributed by atoms with van der Waals surface area (Å²) in [6.07, 6.45) is 2.14. The summed E-state index contributed by atoms with van der Waals surface area (Å²) < 4.78 is 19.1. The van der Waals surface area contributed by atoms with Crippen molar-refractivity contribution < 1.29 is 9.13 Å². The average molecular weight is 311 g/mol. The maximum Gasteiger partial charge on any atom is 0.281 e. The number of pyridine rings is 1. The SMILES string of the molecule is CC#Cc1ccc(-c2ccc(F)c(CCOC(N)=NC)c2)cn1. The molecule has 0 atom stereocenters. The van der Waals surface area contributed by atoms with Crippen molar-refractivity contribution in [3.63, 3.8) is 0 Å². The Morgan fingerprint density at radius 1 is 1.30 bits per heavy atom. The van der Waals surface area contributed by atoms with Crippen LogP contribution in [-0.2, 0) is 11.2 Å². The van der Waals surface area contributed by atoms with Crippen molar-refractivity contribution in [3.8, 4) is 23.0 Å². The van der Waals surface area contributed by atoms with Gasteiger partial charge in [0.15, 0.2) is 0 Å². The molecule has 0 fully saturated rings. The van der Waals surface area contributed by atoms with Crippen LogP contribution in [0.2, 0.25) is 0 Å². The molecule has 0 spiro atoms. The molecule has 0 saturated heterocycles. The number of rotatable bonds is 4. The van der Waals surface area contributed by atoms with E-state index in [0.717, 1.165) is 11.1 Å². The number of aromatic nitrogens is 1. The third-order valence-electron chi connectivity index (χ3n) is 3.24. The standard InChI is InChI=1S/C18H18FN3O/c1-3-4-16-7-5-15(12-22-16)13-6-8-17(19)14(11-13)9-10-23-18(20)21-2/h5-8,11-12H,9-10H2,1-2H3,(H2,20,21). The molecule has 0 radical (unpaired) electrons. The van der Waals surface area contributed by atoms with Crippen LogP contribution in [0.25, 0.3) is 11.1 Å². The molecule has 0 bridgehead atoms. The second-order valence-corrected chi connectivity index (χ2v) is 4.77. The fourth-order valence-corrected chi connectivity index (χ4v) is 2.04. The van der Waals surface area contributed by atoms with E-state index < -0.39 is 0 Å². The number of hydrogen-bond acceptors (Lipinski definition) is 3. The summed E-state index contributed by atoms with van der Waals surface area (Å²) in [5.74, 6) is 5.42. The molecule has 0 saturated carbocycles. The van der Waals surface area contributed by atoms with Gasteiger partial charge in [0.25, 0.3) is 6.02 Å². The van der Waals surface area contributed by atoms with Gasteiger partial charge >= 0.3 is 0 Å². The molecular weight excluding hydrogens is 293 g/mol. The topological polar surface area (TPSA) is 60.5 Å². The molecule has 0 unspecified atom stereocenters. The molecule has 1 aromatic heterocycles. The fraction of sp³-hybridized carbons (Fsp3) is 0.222. The van der Waals surface area contributed by atoms with Crippen molar-refractivity contribution in [2.75, 3.05) is 13.7 Å². The zero-order chi connectivity index (χ0) is 16.7. The lowest BCUT2D eigenvalue weighted by Crippen LogP contribution is -2.17. The second kappa shape index (κ2) is 7.95. The van der Waals surface area contributed by atoms with Crippen LogP contribution in [0, 0.1) is 17.7 Å². The van der Waals surface area contributed by atoms with Crippen LogP contribution in [0.5, 0.6) is 0 Å². The molecule has 0 aliphatic carbocycles. The number of amidine groups is 1. The van der Waals surface area contributed by atoms with Crippen molar-refractivity contribution in [2.24, 2.45) is 10.7 Å². The molecule has 118 valence electrons. The zero-order valence-electron chi connectivity index (χ0n) is 13.1. The molecule has 0 aliphatic heterocycles. The van der Waals surface area contributed by atoms with Crippen molar-refractivity contribution in [1.29, 1.82) is 0 Å². The van der Waals surface area contributed by atoms with Crippen LogP contribution in [0.1, 0.15) is 18.2 Å². The van der Waals surface area contributed by atoms with Crippen LogP contribution in [0.3, 0.4) is 0 Å². The molecule has 2 rings (SSSR count). The van der Waals surface area contributed by atoms with Gasteiger partial charge in [-0.3, -0.25) is 0 Å². The molecule has 5 heteroatoms. The van der Waals surface area contributed by atoms with Gasteiger partial charge in [-0.2, -0.15) is 0 Å². The Balaban J connectivity index is 2.16. The smallest absolute Gasteiger partial charge is 0.281 e. The summed E-state index contributed by atoms with van der Waals surface area (Å²) in [4.78, 5) is 7.96. The van der Waals surface area contributed by atoms with E-state index in [9.17, 15) is 4.39 Å². The van der Waals surface area contributed by atoms with Crippen LogP contribution >= 0.6 is 0 Å². The number of ether oxygens (including phenoxy) is 1. The van der Waals surface area contributed by atoms with Gasteiger partial charge < -0.3 is 10.5 Å². The van der Waals surface area contributed by atoms with E-state index >= 15 is 0 Å². The average Bonchev–Trinajstić information content (AvgIpc) is 2.57. The van der Waals surface area contributed by atoms with E-state index in [1.165, 1.54) is 13.1 Å². The highest BCUT2D eigenvalue weighted by Crippen LogP contribution is 2.22. The lowest BCUT2D eigenvalue weighted by atomic mass is 10.0. The summed E-state index contributed by atoms with van der Waals surface area (Å²) in [6, 6.07) is 8.82. The highest BCUT2D eigenvalue weighted by Gasteiger charge is 2.06. The second-order valence-electron chi connectivity index (χ2n) is 4.77.